The fourth-order valence-corrected chi connectivity index (χ4v) is 1.36. The molecule has 58 valence electrons. The second kappa shape index (κ2) is 3.53. The van der Waals surface area contributed by atoms with Gasteiger partial charge in [-0.2, -0.15) is 0 Å². The molecule has 0 nitrogen and oxygen atoms in total. The van der Waals surface area contributed by atoms with Crippen LogP contribution in [0.1, 0.15) is 18.4 Å². The monoisotopic (exact) mass is 162 g/mol. The Balaban J connectivity index is 2.85. The van der Waals surface area contributed by atoms with Gasteiger partial charge >= 0.3 is 0 Å². The molecule has 0 saturated carbocycles. The minimum atomic E-state index is 0.544. The van der Waals surface area contributed by atoms with Crippen molar-refractivity contribution >= 4 is 10.2 Å². The lowest BCUT2D eigenvalue weighted by molar-refractivity contribution is 0.951. The standard InChI is InChI=1S/C10H14Si/c1-8(9(2)11)10-6-4-3-5-7-10/h3-8H,2H2,1,11H3. The molecule has 0 aromatic heterocycles. The van der Waals surface area contributed by atoms with Crippen LogP contribution in [0.4, 0.5) is 0 Å². The van der Waals surface area contributed by atoms with Crippen molar-refractivity contribution in [1.82, 2.24) is 0 Å². The van der Waals surface area contributed by atoms with Crippen molar-refractivity contribution in [3.8, 4) is 0 Å². The number of hydrogen-bond acceptors (Lipinski definition) is 0. The second-order valence-electron chi connectivity index (χ2n) is 2.98. The Kier molecular flexibility index (Phi) is 2.66. The van der Waals surface area contributed by atoms with E-state index in [1.807, 2.05) is 6.07 Å². The van der Waals surface area contributed by atoms with E-state index in [2.05, 4.69) is 37.8 Å². The topological polar surface area (TPSA) is 0 Å². The fourth-order valence-electron chi connectivity index (χ4n) is 1.03. The predicted molar refractivity (Wildman–Crippen MR) is 53.9 cm³/mol. The summed E-state index contributed by atoms with van der Waals surface area (Å²) in [5.74, 6) is 0.544. The molecule has 0 bridgehead atoms. The normalized spacial score (nSPS) is 12.8. The lowest BCUT2D eigenvalue weighted by Crippen LogP contribution is -1.95. The Hall–Kier alpha value is -0.823. The summed E-state index contributed by atoms with van der Waals surface area (Å²) in [6, 6.07) is 10.5. The van der Waals surface area contributed by atoms with E-state index in [-0.39, 0.29) is 0 Å². The third-order valence-electron chi connectivity index (χ3n) is 2.04. The van der Waals surface area contributed by atoms with Crippen LogP contribution in [0, 0.1) is 0 Å². The van der Waals surface area contributed by atoms with E-state index in [1.165, 1.54) is 10.8 Å². The van der Waals surface area contributed by atoms with E-state index >= 15 is 0 Å². The maximum absolute atomic E-state index is 3.99. The summed E-state index contributed by atoms with van der Waals surface area (Å²) in [5, 5.41) is 1.36. The third kappa shape index (κ3) is 2.05. The molecule has 0 N–H and O–H groups in total. The second-order valence-corrected chi connectivity index (χ2v) is 4.26. The van der Waals surface area contributed by atoms with Crippen molar-refractivity contribution in [2.24, 2.45) is 0 Å². The molecule has 1 atom stereocenters. The number of allylic oxidation sites excluding steroid dienone is 1. The first-order chi connectivity index (χ1) is 5.22. The highest BCUT2D eigenvalue weighted by Gasteiger charge is 2.02. The molecule has 0 spiro atoms. The first-order valence-electron chi connectivity index (χ1n) is 3.92. The maximum Gasteiger partial charge on any atom is 0.0333 e. The highest BCUT2D eigenvalue weighted by Crippen LogP contribution is 2.19. The number of rotatable bonds is 2. The van der Waals surface area contributed by atoms with Crippen molar-refractivity contribution < 1.29 is 0 Å². The summed E-state index contributed by atoms with van der Waals surface area (Å²) >= 11 is 0. The summed E-state index contributed by atoms with van der Waals surface area (Å²) in [7, 11) is 1.09. The van der Waals surface area contributed by atoms with E-state index in [0.29, 0.717) is 5.92 Å². The van der Waals surface area contributed by atoms with Crippen LogP contribution in [-0.4, -0.2) is 10.2 Å². The van der Waals surface area contributed by atoms with Gasteiger partial charge in [0.15, 0.2) is 0 Å². The molecule has 0 aliphatic carbocycles. The molecule has 0 saturated heterocycles. The van der Waals surface area contributed by atoms with Crippen molar-refractivity contribution in [3.63, 3.8) is 0 Å². The SMILES string of the molecule is C=C([SiH3])C(C)c1ccccc1. The molecule has 1 aromatic carbocycles. The van der Waals surface area contributed by atoms with Gasteiger partial charge in [0.2, 0.25) is 0 Å². The van der Waals surface area contributed by atoms with Gasteiger partial charge in [0.25, 0.3) is 0 Å². The van der Waals surface area contributed by atoms with Crippen LogP contribution in [0.3, 0.4) is 0 Å². The highest BCUT2D eigenvalue weighted by atomic mass is 28.1. The van der Waals surface area contributed by atoms with Gasteiger partial charge in [-0.1, -0.05) is 42.5 Å². The maximum atomic E-state index is 3.99. The smallest absolute Gasteiger partial charge is 0.0333 e. The highest BCUT2D eigenvalue weighted by molar-refractivity contribution is 6.22. The summed E-state index contributed by atoms with van der Waals surface area (Å²) in [6.45, 7) is 6.21. The van der Waals surface area contributed by atoms with Crippen LogP contribution in [0.15, 0.2) is 42.1 Å². The van der Waals surface area contributed by atoms with E-state index < -0.39 is 0 Å². The number of hydrogen-bond donors (Lipinski definition) is 0. The first kappa shape index (κ1) is 8.28. The van der Waals surface area contributed by atoms with Gasteiger partial charge in [-0.25, -0.2) is 0 Å². The average Bonchev–Trinajstić information content (AvgIpc) is 2.05. The fraction of sp³-hybridized carbons (Fsp3) is 0.200. The quantitative estimate of drug-likeness (QED) is 0.580. The van der Waals surface area contributed by atoms with Crippen molar-refractivity contribution in [2.75, 3.05) is 0 Å². The molecule has 0 amide bonds. The largest absolute Gasteiger partial charge is 0.104 e. The molecule has 0 radical (unpaired) electrons. The minimum Gasteiger partial charge on any atom is -0.104 e. The summed E-state index contributed by atoms with van der Waals surface area (Å²) in [4.78, 5) is 0. The zero-order valence-electron chi connectivity index (χ0n) is 7.17. The summed E-state index contributed by atoms with van der Waals surface area (Å²) in [6.07, 6.45) is 0. The zero-order chi connectivity index (χ0) is 8.27. The minimum absolute atomic E-state index is 0.544. The molecule has 1 aromatic rings. The van der Waals surface area contributed by atoms with E-state index in [4.69, 9.17) is 0 Å². The van der Waals surface area contributed by atoms with E-state index in [9.17, 15) is 0 Å². The molecule has 0 aliphatic rings. The van der Waals surface area contributed by atoms with Crippen LogP contribution in [0.5, 0.6) is 0 Å². The van der Waals surface area contributed by atoms with Gasteiger partial charge in [0, 0.05) is 10.2 Å². The molecule has 0 fully saturated rings. The molecule has 1 heteroatoms. The van der Waals surface area contributed by atoms with Crippen molar-refractivity contribution in [3.05, 3.63) is 47.7 Å². The van der Waals surface area contributed by atoms with Gasteiger partial charge in [-0.05, 0) is 11.5 Å². The first-order valence-corrected chi connectivity index (χ1v) is 4.92. The number of benzene rings is 1. The van der Waals surface area contributed by atoms with Crippen molar-refractivity contribution in [2.45, 2.75) is 12.8 Å². The van der Waals surface area contributed by atoms with Gasteiger partial charge in [-0.3, -0.25) is 0 Å². The Bertz CT molecular complexity index is 238. The summed E-state index contributed by atoms with van der Waals surface area (Å²) in [5.41, 5.74) is 1.38. The molecule has 11 heavy (non-hydrogen) atoms. The Labute approximate surface area is 71.4 Å². The zero-order valence-corrected chi connectivity index (χ0v) is 9.17. The van der Waals surface area contributed by atoms with Crippen LogP contribution in [0.25, 0.3) is 0 Å². The lowest BCUT2D eigenvalue weighted by atomic mass is 10.0. The molecule has 0 aliphatic heterocycles. The van der Waals surface area contributed by atoms with Gasteiger partial charge in [0.1, 0.15) is 0 Å². The van der Waals surface area contributed by atoms with E-state index in [1.54, 1.807) is 0 Å². The van der Waals surface area contributed by atoms with Gasteiger partial charge in [-0.15, -0.1) is 6.58 Å². The van der Waals surface area contributed by atoms with Crippen LogP contribution >= 0.6 is 0 Å². The Morgan fingerprint density at radius 1 is 1.36 bits per heavy atom. The Morgan fingerprint density at radius 2 is 1.91 bits per heavy atom. The molecule has 0 heterocycles. The third-order valence-corrected chi connectivity index (χ3v) is 2.90. The molecule has 1 rings (SSSR count). The molecular weight excluding hydrogens is 148 g/mol. The van der Waals surface area contributed by atoms with Gasteiger partial charge < -0.3 is 0 Å². The molecule has 1 unspecified atom stereocenters. The molecular formula is C10H14Si. The Morgan fingerprint density at radius 3 is 2.36 bits per heavy atom. The summed E-state index contributed by atoms with van der Waals surface area (Å²) < 4.78 is 0. The predicted octanol–water partition coefficient (Wildman–Crippen LogP) is 1.67. The van der Waals surface area contributed by atoms with E-state index in [0.717, 1.165) is 10.2 Å². The van der Waals surface area contributed by atoms with Crippen LogP contribution in [-0.2, 0) is 0 Å². The van der Waals surface area contributed by atoms with Gasteiger partial charge in [0.05, 0.1) is 0 Å². The average molecular weight is 162 g/mol. The van der Waals surface area contributed by atoms with Crippen LogP contribution in [0.2, 0.25) is 0 Å². The lowest BCUT2D eigenvalue weighted by Gasteiger charge is -2.10. The van der Waals surface area contributed by atoms with Crippen LogP contribution < -0.4 is 0 Å². The van der Waals surface area contributed by atoms with Crippen molar-refractivity contribution in [1.29, 1.82) is 0 Å².